The second-order valence-electron chi connectivity index (χ2n) is 6.06. The molecule has 0 atom stereocenters. The summed E-state index contributed by atoms with van der Waals surface area (Å²) < 4.78 is 0. The highest BCUT2D eigenvalue weighted by Crippen LogP contribution is 2.38. The molecule has 104 valence electrons. The van der Waals surface area contributed by atoms with E-state index in [1.54, 1.807) is 0 Å². The molecule has 0 bridgehead atoms. The zero-order valence-electron chi connectivity index (χ0n) is 11.6. The molecule has 2 aliphatic rings. The Bertz CT molecular complexity index is 548. The van der Waals surface area contributed by atoms with Crippen molar-refractivity contribution in [2.45, 2.75) is 38.5 Å². The van der Waals surface area contributed by atoms with Crippen LogP contribution >= 0.6 is 0 Å². The Hall–Kier alpha value is -1.77. The van der Waals surface area contributed by atoms with Crippen molar-refractivity contribution < 1.29 is 14.4 Å². The molecule has 3 nitrogen and oxygen atoms in total. The van der Waals surface area contributed by atoms with Crippen LogP contribution in [0.1, 0.15) is 42.7 Å². The van der Waals surface area contributed by atoms with Gasteiger partial charge in [0.15, 0.2) is 17.3 Å². The Morgan fingerprint density at radius 1 is 1.00 bits per heavy atom. The van der Waals surface area contributed by atoms with Gasteiger partial charge in [0.1, 0.15) is 5.92 Å². The van der Waals surface area contributed by atoms with E-state index in [4.69, 9.17) is 0 Å². The predicted octanol–water partition coefficient (Wildman–Crippen LogP) is 2.61. The molecular formula is C17H18O3. The first-order valence-corrected chi connectivity index (χ1v) is 7.22. The van der Waals surface area contributed by atoms with Crippen LogP contribution < -0.4 is 0 Å². The summed E-state index contributed by atoms with van der Waals surface area (Å²) in [6, 6.07) is 7.94. The number of benzene rings is 1. The molecular weight excluding hydrogens is 252 g/mol. The van der Waals surface area contributed by atoms with Gasteiger partial charge in [-0.25, -0.2) is 0 Å². The number of hydrogen-bond donors (Lipinski definition) is 0. The monoisotopic (exact) mass is 270 g/mol. The molecule has 2 saturated carbocycles. The van der Waals surface area contributed by atoms with Crippen molar-refractivity contribution in [3.63, 3.8) is 0 Å². The number of carbonyl (C=O) groups excluding carboxylic acids is 3. The van der Waals surface area contributed by atoms with Crippen LogP contribution in [0.3, 0.4) is 0 Å². The van der Waals surface area contributed by atoms with Crippen molar-refractivity contribution in [2.24, 2.45) is 11.8 Å². The average molecular weight is 270 g/mol. The Morgan fingerprint density at radius 3 is 2.05 bits per heavy atom. The molecule has 0 N–H and O–H groups in total. The Morgan fingerprint density at radius 2 is 1.55 bits per heavy atom. The molecule has 3 heteroatoms. The molecule has 1 aromatic carbocycles. The van der Waals surface area contributed by atoms with E-state index < -0.39 is 5.92 Å². The fourth-order valence-corrected chi connectivity index (χ4v) is 2.97. The third-order valence-corrected chi connectivity index (χ3v) is 4.35. The number of rotatable bonds is 3. The van der Waals surface area contributed by atoms with Crippen molar-refractivity contribution in [3.05, 3.63) is 35.4 Å². The summed E-state index contributed by atoms with van der Waals surface area (Å²) in [5, 5.41) is 0. The lowest BCUT2D eigenvalue weighted by atomic mass is 9.74. The minimum atomic E-state index is -0.954. The maximum Gasteiger partial charge on any atom is 0.153 e. The standard InChI is InChI=1S/C17H18O3/c1-10-2-4-11(5-3-10)13-8-14(18)16(15(19)9-13)17(20)12-6-7-12/h2-5,12-13,16H,6-9H2,1H3. The number of ketones is 3. The summed E-state index contributed by atoms with van der Waals surface area (Å²) in [4.78, 5) is 36.4. The number of carbonyl (C=O) groups is 3. The van der Waals surface area contributed by atoms with Gasteiger partial charge in [-0.15, -0.1) is 0 Å². The van der Waals surface area contributed by atoms with E-state index in [0.29, 0.717) is 12.8 Å². The topological polar surface area (TPSA) is 51.2 Å². The Labute approximate surface area is 118 Å². The fraction of sp³-hybridized carbons (Fsp3) is 0.471. The van der Waals surface area contributed by atoms with Gasteiger partial charge in [0.05, 0.1) is 0 Å². The van der Waals surface area contributed by atoms with E-state index in [-0.39, 0.29) is 29.2 Å². The molecule has 20 heavy (non-hydrogen) atoms. The molecule has 3 rings (SSSR count). The Balaban J connectivity index is 1.76. The molecule has 2 fully saturated rings. The smallest absolute Gasteiger partial charge is 0.153 e. The van der Waals surface area contributed by atoms with E-state index in [2.05, 4.69) is 0 Å². The predicted molar refractivity (Wildman–Crippen MR) is 74.4 cm³/mol. The molecule has 2 aliphatic carbocycles. The molecule has 0 saturated heterocycles. The quantitative estimate of drug-likeness (QED) is 0.793. The van der Waals surface area contributed by atoms with Gasteiger partial charge < -0.3 is 0 Å². The van der Waals surface area contributed by atoms with Crippen LogP contribution in [-0.2, 0) is 14.4 Å². The number of hydrogen-bond acceptors (Lipinski definition) is 3. The summed E-state index contributed by atoms with van der Waals surface area (Å²) in [6.07, 6.45) is 2.32. The molecule has 0 radical (unpaired) electrons. The highest BCUT2D eigenvalue weighted by molar-refractivity contribution is 6.21. The average Bonchev–Trinajstić information content (AvgIpc) is 3.22. The van der Waals surface area contributed by atoms with Gasteiger partial charge in [-0.2, -0.15) is 0 Å². The zero-order chi connectivity index (χ0) is 14.3. The Kier molecular flexibility index (Phi) is 3.28. The number of Topliss-reactive ketones (excluding diaryl/α,β-unsaturated/α-hetero) is 3. The second-order valence-corrected chi connectivity index (χ2v) is 6.06. The third kappa shape index (κ3) is 2.45. The van der Waals surface area contributed by atoms with Gasteiger partial charge in [0, 0.05) is 18.8 Å². The van der Waals surface area contributed by atoms with E-state index in [1.807, 2.05) is 31.2 Å². The van der Waals surface area contributed by atoms with Crippen molar-refractivity contribution in [1.29, 1.82) is 0 Å². The minimum absolute atomic E-state index is 0.0242. The molecule has 0 spiro atoms. The van der Waals surface area contributed by atoms with Crippen LogP contribution in [0.4, 0.5) is 0 Å². The first-order valence-electron chi connectivity index (χ1n) is 7.22. The molecule has 0 aromatic heterocycles. The molecule has 0 heterocycles. The van der Waals surface area contributed by atoms with Crippen LogP contribution in [0.5, 0.6) is 0 Å². The van der Waals surface area contributed by atoms with E-state index in [0.717, 1.165) is 24.0 Å². The van der Waals surface area contributed by atoms with Gasteiger partial charge in [-0.3, -0.25) is 14.4 Å². The third-order valence-electron chi connectivity index (χ3n) is 4.35. The van der Waals surface area contributed by atoms with Crippen molar-refractivity contribution in [3.8, 4) is 0 Å². The molecule has 1 aromatic rings. The van der Waals surface area contributed by atoms with Crippen molar-refractivity contribution in [2.75, 3.05) is 0 Å². The lowest BCUT2D eigenvalue weighted by Gasteiger charge is -2.26. The lowest BCUT2D eigenvalue weighted by molar-refractivity contribution is -0.143. The van der Waals surface area contributed by atoms with E-state index >= 15 is 0 Å². The summed E-state index contributed by atoms with van der Waals surface area (Å²) in [5.41, 5.74) is 2.18. The lowest BCUT2D eigenvalue weighted by Crippen LogP contribution is -2.38. The van der Waals surface area contributed by atoms with E-state index in [1.165, 1.54) is 0 Å². The first kappa shape index (κ1) is 13.2. The summed E-state index contributed by atoms with van der Waals surface area (Å²) in [5.74, 6) is -1.51. The molecule has 0 aliphatic heterocycles. The van der Waals surface area contributed by atoms with Gasteiger partial charge >= 0.3 is 0 Å². The number of aryl methyl sites for hydroxylation is 1. The maximum atomic E-state index is 12.2. The minimum Gasteiger partial charge on any atom is -0.298 e. The van der Waals surface area contributed by atoms with Crippen molar-refractivity contribution in [1.82, 2.24) is 0 Å². The molecule has 0 amide bonds. The van der Waals surface area contributed by atoms with Crippen LogP contribution in [-0.4, -0.2) is 17.3 Å². The largest absolute Gasteiger partial charge is 0.298 e. The van der Waals surface area contributed by atoms with Crippen molar-refractivity contribution >= 4 is 17.3 Å². The highest BCUT2D eigenvalue weighted by Gasteiger charge is 2.45. The van der Waals surface area contributed by atoms with Crippen LogP contribution in [0, 0.1) is 18.8 Å². The van der Waals surface area contributed by atoms with Gasteiger partial charge in [-0.1, -0.05) is 29.8 Å². The fourth-order valence-electron chi connectivity index (χ4n) is 2.97. The van der Waals surface area contributed by atoms with Gasteiger partial charge in [0.25, 0.3) is 0 Å². The van der Waals surface area contributed by atoms with E-state index in [9.17, 15) is 14.4 Å². The SMILES string of the molecule is Cc1ccc(C2CC(=O)C(C(=O)C3CC3)C(=O)C2)cc1. The maximum absolute atomic E-state index is 12.2. The molecule has 0 unspecified atom stereocenters. The van der Waals surface area contributed by atoms with Gasteiger partial charge in [-0.05, 0) is 31.2 Å². The summed E-state index contributed by atoms with van der Waals surface area (Å²) >= 11 is 0. The zero-order valence-corrected chi connectivity index (χ0v) is 11.6. The first-order chi connectivity index (χ1) is 9.56. The normalized spacial score (nSPS) is 26.6. The van der Waals surface area contributed by atoms with Crippen LogP contribution in [0.25, 0.3) is 0 Å². The second kappa shape index (κ2) is 4.97. The van der Waals surface area contributed by atoms with Gasteiger partial charge in [0.2, 0.25) is 0 Å². The van der Waals surface area contributed by atoms with Crippen LogP contribution in [0.2, 0.25) is 0 Å². The highest BCUT2D eigenvalue weighted by atomic mass is 16.2. The van der Waals surface area contributed by atoms with Crippen LogP contribution in [0.15, 0.2) is 24.3 Å². The summed E-state index contributed by atoms with van der Waals surface area (Å²) in [6.45, 7) is 2.01. The summed E-state index contributed by atoms with van der Waals surface area (Å²) in [7, 11) is 0.